The van der Waals surface area contributed by atoms with Crippen LogP contribution in [0.25, 0.3) is 0 Å². The number of aromatic nitrogens is 2. The Hall–Kier alpha value is -0.940. The summed E-state index contributed by atoms with van der Waals surface area (Å²) in [4.78, 5) is 4.17. The summed E-state index contributed by atoms with van der Waals surface area (Å²) in [6, 6.07) is 0. The summed E-state index contributed by atoms with van der Waals surface area (Å²) >= 11 is 0. The third-order valence-corrected chi connectivity index (χ3v) is 1.71. The maximum atomic E-state index is 5.81. The van der Waals surface area contributed by atoms with Crippen LogP contribution in [0.15, 0.2) is 4.52 Å². The molecular weight excluding hydrogens is 182 g/mol. The van der Waals surface area contributed by atoms with Crippen molar-refractivity contribution in [2.45, 2.75) is 32.7 Å². The Labute approximate surface area is 83.6 Å². The van der Waals surface area contributed by atoms with E-state index in [1.165, 1.54) is 0 Å². The fourth-order valence-electron chi connectivity index (χ4n) is 0.922. The standard InChI is InChI=1S/C9H17N3O2/c1-4-13-6-5-7-11-8(12-14-7)9(2,3)10/h4-6,10H2,1-3H3. The SMILES string of the molecule is CCOCCc1nc(C(C)(C)N)no1. The van der Waals surface area contributed by atoms with Crippen molar-refractivity contribution in [3.05, 3.63) is 11.7 Å². The van der Waals surface area contributed by atoms with Crippen LogP contribution in [0.4, 0.5) is 0 Å². The predicted octanol–water partition coefficient (Wildman–Crippen LogP) is 0.842. The monoisotopic (exact) mass is 199 g/mol. The lowest BCUT2D eigenvalue weighted by atomic mass is 10.1. The third kappa shape index (κ3) is 3.08. The van der Waals surface area contributed by atoms with Crippen molar-refractivity contribution in [2.75, 3.05) is 13.2 Å². The number of nitrogens with zero attached hydrogens (tertiary/aromatic N) is 2. The molecule has 0 saturated heterocycles. The van der Waals surface area contributed by atoms with Gasteiger partial charge in [0.2, 0.25) is 5.89 Å². The molecule has 14 heavy (non-hydrogen) atoms. The van der Waals surface area contributed by atoms with E-state index >= 15 is 0 Å². The Morgan fingerprint density at radius 3 is 2.71 bits per heavy atom. The van der Waals surface area contributed by atoms with E-state index in [2.05, 4.69) is 10.1 Å². The summed E-state index contributed by atoms with van der Waals surface area (Å²) < 4.78 is 10.2. The van der Waals surface area contributed by atoms with Crippen LogP contribution in [0, 0.1) is 0 Å². The summed E-state index contributed by atoms with van der Waals surface area (Å²) in [7, 11) is 0. The maximum absolute atomic E-state index is 5.81. The van der Waals surface area contributed by atoms with Crippen LogP contribution in [0.2, 0.25) is 0 Å². The average Bonchev–Trinajstić information content (AvgIpc) is 2.52. The van der Waals surface area contributed by atoms with Crippen molar-refractivity contribution in [2.24, 2.45) is 5.73 Å². The van der Waals surface area contributed by atoms with Crippen molar-refractivity contribution in [3.63, 3.8) is 0 Å². The number of ether oxygens (including phenoxy) is 1. The van der Waals surface area contributed by atoms with Gasteiger partial charge in [0.15, 0.2) is 5.82 Å². The van der Waals surface area contributed by atoms with Gasteiger partial charge in [0, 0.05) is 6.61 Å². The van der Waals surface area contributed by atoms with Gasteiger partial charge in [-0.25, -0.2) is 0 Å². The van der Waals surface area contributed by atoms with E-state index in [9.17, 15) is 0 Å². The van der Waals surface area contributed by atoms with E-state index in [1.807, 2.05) is 20.8 Å². The van der Waals surface area contributed by atoms with Gasteiger partial charge in [-0.2, -0.15) is 4.98 Å². The van der Waals surface area contributed by atoms with Crippen LogP contribution in [0.5, 0.6) is 0 Å². The van der Waals surface area contributed by atoms with E-state index in [0.29, 0.717) is 31.3 Å². The van der Waals surface area contributed by atoms with Crippen molar-refractivity contribution in [1.29, 1.82) is 0 Å². The number of rotatable bonds is 5. The molecule has 80 valence electrons. The molecule has 2 N–H and O–H groups in total. The predicted molar refractivity (Wildman–Crippen MR) is 51.7 cm³/mol. The highest BCUT2D eigenvalue weighted by Crippen LogP contribution is 2.12. The summed E-state index contributed by atoms with van der Waals surface area (Å²) in [5, 5.41) is 3.80. The molecule has 0 aromatic carbocycles. The molecule has 0 radical (unpaired) electrons. The van der Waals surface area contributed by atoms with Gasteiger partial charge in [-0.05, 0) is 20.8 Å². The second kappa shape index (κ2) is 4.52. The molecule has 0 fully saturated rings. The van der Waals surface area contributed by atoms with Gasteiger partial charge in [-0.15, -0.1) is 0 Å². The molecule has 0 amide bonds. The summed E-state index contributed by atoms with van der Waals surface area (Å²) in [6.07, 6.45) is 0.636. The van der Waals surface area contributed by atoms with Crippen LogP contribution in [-0.4, -0.2) is 23.4 Å². The fourth-order valence-corrected chi connectivity index (χ4v) is 0.922. The molecule has 0 unspecified atom stereocenters. The number of hydrogen-bond donors (Lipinski definition) is 1. The molecule has 5 heteroatoms. The number of hydrogen-bond acceptors (Lipinski definition) is 5. The Bertz CT molecular complexity index is 278. The van der Waals surface area contributed by atoms with Crippen LogP contribution in [-0.2, 0) is 16.7 Å². The molecule has 5 nitrogen and oxygen atoms in total. The van der Waals surface area contributed by atoms with Crippen molar-refractivity contribution in [3.8, 4) is 0 Å². The minimum atomic E-state index is -0.548. The highest BCUT2D eigenvalue weighted by Gasteiger charge is 2.21. The molecule has 1 heterocycles. The highest BCUT2D eigenvalue weighted by molar-refractivity contribution is 4.98. The quantitative estimate of drug-likeness (QED) is 0.711. The molecule has 0 saturated carbocycles. The first-order valence-electron chi connectivity index (χ1n) is 4.73. The molecule has 1 aromatic rings. The molecular formula is C9H17N3O2. The molecule has 0 aliphatic rings. The topological polar surface area (TPSA) is 74.2 Å². The van der Waals surface area contributed by atoms with Crippen molar-refractivity contribution in [1.82, 2.24) is 10.1 Å². The average molecular weight is 199 g/mol. The number of nitrogens with two attached hydrogens (primary N) is 1. The smallest absolute Gasteiger partial charge is 0.229 e. The molecule has 1 aromatic heterocycles. The van der Waals surface area contributed by atoms with E-state index in [1.54, 1.807) is 0 Å². The van der Waals surface area contributed by atoms with Gasteiger partial charge in [-0.3, -0.25) is 0 Å². The van der Waals surface area contributed by atoms with Crippen LogP contribution in [0.3, 0.4) is 0 Å². The van der Waals surface area contributed by atoms with Gasteiger partial charge in [0.05, 0.1) is 18.6 Å². The largest absolute Gasteiger partial charge is 0.381 e. The Morgan fingerprint density at radius 1 is 1.50 bits per heavy atom. The third-order valence-electron chi connectivity index (χ3n) is 1.71. The van der Waals surface area contributed by atoms with Crippen LogP contribution >= 0.6 is 0 Å². The maximum Gasteiger partial charge on any atom is 0.229 e. The lowest BCUT2D eigenvalue weighted by Crippen LogP contribution is -2.30. The lowest BCUT2D eigenvalue weighted by molar-refractivity contribution is 0.144. The summed E-state index contributed by atoms with van der Waals surface area (Å²) in [6.45, 7) is 6.92. The fraction of sp³-hybridized carbons (Fsp3) is 0.778. The van der Waals surface area contributed by atoms with Gasteiger partial charge < -0.3 is 15.0 Å². The van der Waals surface area contributed by atoms with Crippen LogP contribution < -0.4 is 5.73 Å². The summed E-state index contributed by atoms with van der Waals surface area (Å²) in [5.41, 5.74) is 5.26. The van der Waals surface area contributed by atoms with Crippen LogP contribution in [0.1, 0.15) is 32.5 Å². The van der Waals surface area contributed by atoms with Gasteiger partial charge in [0.25, 0.3) is 0 Å². The molecule has 0 aliphatic carbocycles. The molecule has 0 spiro atoms. The van der Waals surface area contributed by atoms with E-state index in [4.69, 9.17) is 15.0 Å². The first-order valence-corrected chi connectivity index (χ1v) is 4.73. The summed E-state index contributed by atoms with van der Waals surface area (Å²) in [5.74, 6) is 1.11. The lowest BCUT2D eigenvalue weighted by Gasteiger charge is -2.11. The van der Waals surface area contributed by atoms with Gasteiger partial charge in [-0.1, -0.05) is 5.16 Å². The second-order valence-electron chi connectivity index (χ2n) is 3.68. The van der Waals surface area contributed by atoms with E-state index in [-0.39, 0.29) is 0 Å². The van der Waals surface area contributed by atoms with E-state index in [0.717, 1.165) is 0 Å². The molecule has 1 rings (SSSR count). The van der Waals surface area contributed by atoms with Crippen molar-refractivity contribution < 1.29 is 9.26 Å². The van der Waals surface area contributed by atoms with Gasteiger partial charge in [0.1, 0.15) is 0 Å². The molecule has 0 atom stereocenters. The Kier molecular flexibility index (Phi) is 3.60. The normalized spacial score (nSPS) is 12.0. The zero-order chi connectivity index (χ0) is 10.6. The zero-order valence-electron chi connectivity index (χ0n) is 8.91. The first-order chi connectivity index (χ1) is 6.54. The first kappa shape index (κ1) is 11.1. The van der Waals surface area contributed by atoms with Gasteiger partial charge >= 0.3 is 0 Å². The molecule has 0 bridgehead atoms. The minimum Gasteiger partial charge on any atom is -0.381 e. The Morgan fingerprint density at radius 2 is 2.21 bits per heavy atom. The molecule has 0 aliphatic heterocycles. The second-order valence-corrected chi connectivity index (χ2v) is 3.68. The zero-order valence-corrected chi connectivity index (χ0v) is 8.91. The van der Waals surface area contributed by atoms with Crippen molar-refractivity contribution >= 4 is 0 Å². The highest BCUT2D eigenvalue weighted by atomic mass is 16.5. The van der Waals surface area contributed by atoms with E-state index < -0.39 is 5.54 Å². The minimum absolute atomic E-state index is 0.531. The Balaban J connectivity index is 2.51.